The summed E-state index contributed by atoms with van der Waals surface area (Å²) >= 11 is 0. The predicted octanol–water partition coefficient (Wildman–Crippen LogP) is 17.2. The molecule has 0 atom stereocenters. The van der Waals surface area contributed by atoms with Crippen molar-refractivity contribution in [3.63, 3.8) is 0 Å². The molecule has 0 amide bonds. The molecule has 1 aromatic heterocycles. The third kappa shape index (κ3) is 6.12. The van der Waals surface area contributed by atoms with Crippen molar-refractivity contribution in [3.05, 3.63) is 236 Å². The van der Waals surface area contributed by atoms with Gasteiger partial charge in [0.15, 0.2) is 0 Å². The standard InChI is InChI=1S/C60H39NO/c1-4-19-50-41(12-1)15-10-23-52(50)44-28-34-49(35-29-44)61(48-32-26-40(27-33-48)45-17-9-18-46(38-45)53-24-11-16-42-13-2-5-20-51(42)53)58-25-8-7-21-54(58)47-31-37-59-57(39-47)56-36-30-43-14-3-6-22-55(43)60(56)62-59/h1-39H/i26D,27D,28D,29D,32D,33D,34D,35D. The van der Waals surface area contributed by atoms with Gasteiger partial charge in [-0.15, -0.1) is 0 Å². The van der Waals surface area contributed by atoms with E-state index in [0.29, 0.717) is 33.5 Å². The normalized spacial score (nSPS) is 13.4. The smallest absolute Gasteiger partial charge is 0.143 e. The van der Waals surface area contributed by atoms with Crippen LogP contribution in [0, 0.1) is 0 Å². The summed E-state index contributed by atoms with van der Waals surface area (Å²) in [6, 6.07) is 57.0. The van der Waals surface area contributed by atoms with Crippen molar-refractivity contribution in [2.75, 3.05) is 4.90 Å². The SMILES string of the molecule is [2H]c1c([2H])c(N(c2ccccc2-c2ccc3oc4c5ccccc5ccc4c3c2)c2c([2H])c([2H])c(-c3cccc4ccccc34)c([2H])c2[2H])c([2H])c([2H])c1-c1cccc(-c2cccc3ccccc23)c1. The Hall–Kier alpha value is -8.20. The van der Waals surface area contributed by atoms with Gasteiger partial charge in [-0.2, -0.15) is 0 Å². The van der Waals surface area contributed by atoms with E-state index in [1.54, 1.807) is 24.3 Å². The molecule has 0 saturated heterocycles. The fourth-order valence-corrected chi connectivity index (χ4v) is 8.81. The second-order valence-electron chi connectivity index (χ2n) is 15.4. The fourth-order valence-electron chi connectivity index (χ4n) is 8.81. The van der Waals surface area contributed by atoms with Crippen molar-refractivity contribution >= 4 is 71.3 Å². The van der Waals surface area contributed by atoms with Crippen LogP contribution in [0.3, 0.4) is 0 Å². The van der Waals surface area contributed by atoms with E-state index in [4.69, 9.17) is 4.42 Å². The Morgan fingerprint density at radius 3 is 1.55 bits per heavy atom. The maximum atomic E-state index is 9.85. The third-order valence-corrected chi connectivity index (χ3v) is 11.8. The number of furan rings is 1. The molecule has 11 aromatic carbocycles. The van der Waals surface area contributed by atoms with Crippen LogP contribution < -0.4 is 4.90 Å². The van der Waals surface area contributed by atoms with Gasteiger partial charge in [0, 0.05) is 33.1 Å². The highest BCUT2D eigenvalue weighted by atomic mass is 16.3. The molecule has 0 unspecified atom stereocenters. The first-order valence-corrected chi connectivity index (χ1v) is 20.6. The molecule has 0 aliphatic carbocycles. The quantitative estimate of drug-likeness (QED) is 0.160. The molecule has 0 radical (unpaired) electrons. The molecule has 12 aromatic rings. The van der Waals surface area contributed by atoms with Crippen molar-refractivity contribution in [1.29, 1.82) is 0 Å². The molecule has 0 fully saturated rings. The van der Waals surface area contributed by atoms with Crippen LogP contribution in [-0.4, -0.2) is 0 Å². The van der Waals surface area contributed by atoms with Crippen molar-refractivity contribution in [3.8, 4) is 44.5 Å². The van der Waals surface area contributed by atoms with Crippen LogP contribution in [-0.2, 0) is 0 Å². The third-order valence-electron chi connectivity index (χ3n) is 11.8. The Kier molecular flexibility index (Phi) is 6.76. The first-order valence-electron chi connectivity index (χ1n) is 24.6. The zero-order chi connectivity index (χ0) is 47.9. The lowest BCUT2D eigenvalue weighted by Crippen LogP contribution is -2.11. The van der Waals surface area contributed by atoms with E-state index >= 15 is 0 Å². The number of para-hydroxylation sites is 1. The minimum atomic E-state index is -0.417. The van der Waals surface area contributed by atoms with E-state index in [1.165, 1.54) is 4.90 Å². The monoisotopic (exact) mass is 797 g/mol. The minimum absolute atomic E-state index is 0.0877. The lowest BCUT2D eigenvalue weighted by molar-refractivity contribution is 0.672. The average molecular weight is 798 g/mol. The lowest BCUT2D eigenvalue weighted by Gasteiger charge is -2.28. The molecule has 0 aliphatic rings. The molecule has 0 N–H and O–H groups in total. The van der Waals surface area contributed by atoms with Crippen LogP contribution in [0.5, 0.6) is 0 Å². The Morgan fingerprint density at radius 1 is 0.323 bits per heavy atom. The number of fused-ring (bicyclic) bond motifs is 7. The van der Waals surface area contributed by atoms with E-state index in [0.717, 1.165) is 59.8 Å². The second-order valence-corrected chi connectivity index (χ2v) is 15.4. The summed E-state index contributed by atoms with van der Waals surface area (Å²) in [4.78, 5) is 1.39. The van der Waals surface area contributed by atoms with Gasteiger partial charge in [0.05, 0.1) is 16.7 Å². The van der Waals surface area contributed by atoms with Gasteiger partial charge in [-0.05, 0) is 120 Å². The predicted molar refractivity (Wildman–Crippen MR) is 263 cm³/mol. The minimum Gasteiger partial charge on any atom is -0.455 e. The second kappa shape index (κ2) is 14.8. The van der Waals surface area contributed by atoms with E-state index in [1.807, 2.05) is 158 Å². The van der Waals surface area contributed by atoms with Gasteiger partial charge in [0.25, 0.3) is 0 Å². The van der Waals surface area contributed by atoms with Gasteiger partial charge in [-0.3, -0.25) is 0 Å². The van der Waals surface area contributed by atoms with E-state index in [9.17, 15) is 11.0 Å². The van der Waals surface area contributed by atoms with Gasteiger partial charge in [-0.1, -0.05) is 182 Å². The maximum Gasteiger partial charge on any atom is 0.143 e. The van der Waals surface area contributed by atoms with Gasteiger partial charge < -0.3 is 9.32 Å². The number of anilines is 3. The van der Waals surface area contributed by atoms with Gasteiger partial charge in [-0.25, -0.2) is 0 Å². The lowest BCUT2D eigenvalue weighted by atomic mass is 9.95. The van der Waals surface area contributed by atoms with Crippen molar-refractivity contribution in [1.82, 2.24) is 0 Å². The van der Waals surface area contributed by atoms with Gasteiger partial charge >= 0.3 is 0 Å². The molecule has 0 saturated carbocycles. The van der Waals surface area contributed by atoms with E-state index < -0.39 is 24.2 Å². The van der Waals surface area contributed by atoms with Crippen molar-refractivity contribution < 1.29 is 15.4 Å². The van der Waals surface area contributed by atoms with Crippen LogP contribution >= 0.6 is 0 Å². The maximum absolute atomic E-state index is 9.85. The summed E-state index contributed by atoms with van der Waals surface area (Å²) < 4.78 is 84.4. The topological polar surface area (TPSA) is 16.4 Å². The summed E-state index contributed by atoms with van der Waals surface area (Å²) in [5, 5.41) is 7.51. The summed E-state index contributed by atoms with van der Waals surface area (Å²) in [5.41, 5.74) is 5.60. The van der Waals surface area contributed by atoms with Gasteiger partial charge in [0.2, 0.25) is 0 Å². The highest BCUT2D eigenvalue weighted by molar-refractivity contribution is 6.15. The largest absolute Gasteiger partial charge is 0.455 e. The Bertz CT molecular complexity index is 4070. The zero-order valence-corrected chi connectivity index (χ0v) is 33.3. The Labute approximate surface area is 371 Å². The van der Waals surface area contributed by atoms with Crippen LogP contribution in [0.15, 0.2) is 241 Å². The van der Waals surface area contributed by atoms with Crippen molar-refractivity contribution in [2.24, 2.45) is 0 Å². The summed E-state index contributed by atoms with van der Waals surface area (Å²) in [6.07, 6.45) is 0. The van der Waals surface area contributed by atoms with E-state index in [-0.39, 0.29) is 46.7 Å². The van der Waals surface area contributed by atoms with Crippen LogP contribution in [0.4, 0.5) is 17.1 Å². The molecule has 1 heterocycles. The highest BCUT2D eigenvalue weighted by Gasteiger charge is 2.19. The molecule has 0 bridgehead atoms. The highest BCUT2D eigenvalue weighted by Crippen LogP contribution is 2.44. The van der Waals surface area contributed by atoms with Crippen LogP contribution in [0.2, 0.25) is 0 Å². The fraction of sp³-hybridized carbons (Fsp3) is 0. The molecular weight excluding hydrogens is 751 g/mol. The molecule has 2 heteroatoms. The number of rotatable bonds is 7. The van der Waals surface area contributed by atoms with Crippen molar-refractivity contribution in [2.45, 2.75) is 0 Å². The number of benzene rings is 11. The number of hydrogen-bond acceptors (Lipinski definition) is 2. The molecule has 12 rings (SSSR count). The van der Waals surface area contributed by atoms with Gasteiger partial charge in [0.1, 0.15) is 11.2 Å². The first-order chi connectivity index (χ1) is 34.1. The molecule has 0 aliphatic heterocycles. The summed E-state index contributed by atoms with van der Waals surface area (Å²) in [6.45, 7) is 0. The first kappa shape index (κ1) is 28.3. The zero-order valence-electron chi connectivity index (χ0n) is 41.3. The Morgan fingerprint density at radius 2 is 0.839 bits per heavy atom. The molecule has 0 spiro atoms. The summed E-state index contributed by atoms with van der Waals surface area (Å²) in [7, 11) is 0. The molecule has 2 nitrogen and oxygen atoms in total. The van der Waals surface area contributed by atoms with E-state index in [2.05, 4.69) is 6.07 Å². The van der Waals surface area contributed by atoms with Crippen LogP contribution in [0.25, 0.3) is 98.8 Å². The number of hydrogen-bond donors (Lipinski definition) is 0. The summed E-state index contributed by atoms with van der Waals surface area (Å²) in [5.74, 6) is 0. The molecular formula is C60H39NO. The molecule has 290 valence electrons. The molecule has 62 heavy (non-hydrogen) atoms. The van der Waals surface area contributed by atoms with Crippen LogP contribution in [0.1, 0.15) is 11.0 Å². The average Bonchev–Trinajstić information content (AvgIpc) is 3.78. The Balaban J connectivity index is 1.10. The number of nitrogens with zero attached hydrogens (tertiary/aromatic N) is 1.